The first-order valence-corrected chi connectivity index (χ1v) is 10.5. The molecule has 0 spiro atoms. The van der Waals surface area contributed by atoms with Crippen molar-refractivity contribution < 1.29 is 18.8 Å². The van der Waals surface area contributed by atoms with Crippen LogP contribution in [0.3, 0.4) is 0 Å². The second-order valence-corrected chi connectivity index (χ2v) is 8.81. The third kappa shape index (κ3) is 6.02. The quantitative estimate of drug-likeness (QED) is 0.530. The molecule has 0 unspecified atom stereocenters. The fourth-order valence-electron chi connectivity index (χ4n) is 2.49. The van der Waals surface area contributed by atoms with Crippen molar-refractivity contribution in [3.8, 4) is 11.5 Å². The first-order valence-electron chi connectivity index (χ1n) is 9.64. The van der Waals surface area contributed by atoms with E-state index in [0.29, 0.717) is 40.1 Å². The number of rotatable bonds is 6. The summed E-state index contributed by atoms with van der Waals surface area (Å²) in [7, 11) is 0. The molecule has 2 heterocycles. The predicted octanol–water partition coefficient (Wildman–Crippen LogP) is 4.28. The van der Waals surface area contributed by atoms with Gasteiger partial charge in [-0.05, 0) is 30.3 Å². The van der Waals surface area contributed by atoms with E-state index in [9.17, 15) is 14.4 Å². The van der Waals surface area contributed by atoms with Gasteiger partial charge in [0.1, 0.15) is 11.5 Å². The molecule has 3 aromatic rings. The van der Waals surface area contributed by atoms with E-state index >= 15 is 0 Å². The SMILES string of the molecule is CC(=O)NCc1ccc(-c2csc(NC(=O)c3cccc(NC(=O)C(C)(C)C)c3)n2)o1. The van der Waals surface area contributed by atoms with Gasteiger partial charge >= 0.3 is 0 Å². The number of aromatic nitrogens is 1. The van der Waals surface area contributed by atoms with Crippen molar-refractivity contribution in [2.45, 2.75) is 34.2 Å². The molecule has 1 aromatic carbocycles. The standard InChI is InChI=1S/C22H24N4O4S/c1-13(27)23-11-16-8-9-18(30-16)17-12-31-21(25-17)26-19(28)14-6-5-7-15(10-14)24-20(29)22(2,3)4/h5-10,12H,11H2,1-4H3,(H,23,27)(H,24,29)(H,25,26,28). The highest BCUT2D eigenvalue weighted by atomic mass is 32.1. The molecule has 2 aromatic heterocycles. The number of hydrogen-bond donors (Lipinski definition) is 3. The summed E-state index contributed by atoms with van der Waals surface area (Å²) >= 11 is 1.27. The van der Waals surface area contributed by atoms with E-state index < -0.39 is 5.41 Å². The van der Waals surface area contributed by atoms with Crippen LogP contribution < -0.4 is 16.0 Å². The first-order chi connectivity index (χ1) is 14.6. The molecule has 3 amide bonds. The lowest BCUT2D eigenvalue weighted by atomic mass is 9.95. The molecule has 9 heteroatoms. The van der Waals surface area contributed by atoms with E-state index in [1.807, 2.05) is 20.8 Å². The number of nitrogens with zero attached hydrogens (tertiary/aromatic N) is 1. The Balaban J connectivity index is 1.66. The van der Waals surface area contributed by atoms with Crippen LogP contribution in [0.4, 0.5) is 10.8 Å². The normalized spacial score (nSPS) is 11.1. The predicted molar refractivity (Wildman–Crippen MR) is 120 cm³/mol. The van der Waals surface area contributed by atoms with E-state index in [4.69, 9.17) is 4.42 Å². The number of hydrogen-bond acceptors (Lipinski definition) is 6. The van der Waals surface area contributed by atoms with Crippen LogP contribution in [-0.2, 0) is 16.1 Å². The maximum atomic E-state index is 12.6. The third-order valence-electron chi connectivity index (χ3n) is 4.21. The molecular formula is C22H24N4O4S. The molecule has 0 saturated carbocycles. The molecule has 0 radical (unpaired) electrons. The zero-order chi connectivity index (χ0) is 22.6. The van der Waals surface area contributed by atoms with Gasteiger partial charge in [0.15, 0.2) is 10.9 Å². The van der Waals surface area contributed by atoms with Gasteiger partial charge in [0, 0.05) is 29.0 Å². The Morgan fingerprint density at radius 2 is 1.87 bits per heavy atom. The van der Waals surface area contributed by atoms with Crippen molar-refractivity contribution in [1.82, 2.24) is 10.3 Å². The van der Waals surface area contributed by atoms with E-state index in [1.54, 1.807) is 41.8 Å². The van der Waals surface area contributed by atoms with Crippen molar-refractivity contribution in [2.75, 3.05) is 10.6 Å². The van der Waals surface area contributed by atoms with Crippen LogP contribution in [0.25, 0.3) is 11.5 Å². The Labute approximate surface area is 184 Å². The van der Waals surface area contributed by atoms with Crippen LogP contribution in [0.15, 0.2) is 46.2 Å². The summed E-state index contributed by atoms with van der Waals surface area (Å²) in [5.41, 5.74) is 0.998. The van der Waals surface area contributed by atoms with E-state index in [1.165, 1.54) is 18.3 Å². The van der Waals surface area contributed by atoms with Crippen molar-refractivity contribution in [1.29, 1.82) is 0 Å². The van der Waals surface area contributed by atoms with Crippen molar-refractivity contribution in [2.24, 2.45) is 5.41 Å². The summed E-state index contributed by atoms with van der Waals surface area (Å²) in [5.74, 6) is 0.546. The lowest BCUT2D eigenvalue weighted by Gasteiger charge is -2.17. The number of thiazole rings is 1. The number of anilines is 2. The van der Waals surface area contributed by atoms with E-state index in [0.717, 1.165) is 0 Å². The van der Waals surface area contributed by atoms with Gasteiger partial charge in [-0.15, -0.1) is 11.3 Å². The molecule has 0 saturated heterocycles. The Morgan fingerprint density at radius 1 is 1.10 bits per heavy atom. The number of nitrogens with one attached hydrogen (secondary N) is 3. The van der Waals surface area contributed by atoms with Gasteiger partial charge in [-0.2, -0.15) is 0 Å². The number of carbonyl (C=O) groups excluding carboxylic acids is 3. The number of amides is 3. The second-order valence-electron chi connectivity index (χ2n) is 7.95. The summed E-state index contributed by atoms with van der Waals surface area (Å²) < 4.78 is 5.68. The minimum atomic E-state index is -0.538. The Morgan fingerprint density at radius 3 is 2.58 bits per heavy atom. The molecule has 0 atom stereocenters. The molecule has 0 bridgehead atoms. The van der Waals surface area contributed by atoms with Crippen molar-refractivity contribution in [3.05, 3.63) is 53.1 Å². The van der Waals surface area contributed by atoms with Crippen LogP contribution in [0.5, 0.6) is 0 Å². The van der Waals surface area contributed by atoms with Crippen LogP contribution in [0.1, 0.15) is 43.8 Å². The van der Waals surface area contributed by atoms with Gasteiger partial charge in [0.25, 0.3) is 5.91 Å². The molecule has 162 valence electrons. The fourth-order valence-corrected chi connectivity index (χ4v) is 3.19. The number of benzene rings is 1. The topological polar surface area (TPSA) is 113 Å². The lowest BCUT2D eigenvalue weighted by Crippen LogP contribution is -2.27. The highest BCUT2D eigenvalue weighted by Gasteiger charge is 2.21. The largest absolute Gasteiger partial charge is 0.458 e. The van der Waals surface area contributed by atoms with Gasteiger partial charge in [-0.3, -0.25) is 19.7 Å². The van der Waals surface area contributed by atoms with Gasteiger partial charge in [0.2, 0.25) is 11.8 Å². The van der Waals surface area contributed by atoms with Crippen LogP contribution in [0, 0.1) is 5.41 Å². The smallest absolute Gasteiger partial charge is 0.257 e. The number of carbonyl (C=O) groups is 3. The second kappa shape index (κ2) is 9.13. The molecule has 0 aliphatic heterocycles. The molecule has 3 N–H and O–H groups in total. The summed E-state index contributed by atoms with van der Waals surface area (Å²) in [6.07, 6.45) is 0. The van der Waals surface area contributed by atoms with Gasteiger partial charge < -0.3 is 15.1 Å². The van der Waals surface area contributed by atoms with Crippen LogP contribution in [-0.4, -0.2) is 22.7 Å². The maximum absolute atomic E-state index is 12.6. The summed E-state index contributed by atoms with van der Waals surface area (Å²) in [5, 5.41) is 10.4. The van der Waals surface area contributed by atoms with E-state index in [2.05, 4.69) is 20.9 Å². The zero-order valence-corrected chi connectivity index (χ0v) is 18.6. The molecule has 0 fully saturated rings. The molecule has 8 nitrogen and oxygen atoms in total. The van der Waals surface area contributed by atoms with Gasteiger partial charge in [-0.25, -0.2) is 4.98 Å². The minimum Gasteiger partial charge on any atom is -0.458 e. The Kier molecular flexibility index (Phi) is 6.55. The molecule has 3 rings (SSSR count). The summed E-state index contributed by atoms with van der Waals surface area (Å²) in [6.45, 7) is 7.20. The average Bonchev–Trinajstić information content (AvgIpc) is 3.35. The fraction of sp³-hybridized carbons (Fsp3) is 0.273. The number of furan rings is 1. The van der Waals surface area contributed by atoms with Crippen LogP contribution in [0.2, 0.25) is 0 Å². The monoisotopic (exact) mass is 440 g/mol. The van der Waals surface area contributed by atoms with Crippen LogP contribution >= 0.6 is 11.3 Å². The zero-order valence-electron chi connectivity index (χ0n) is 17.7. The first kappa shape index (κ1) is 22.2. The molecule has 31 heavy (non-hydrogen) atoms. The highest BCUT2D eigenvalue weighted by Crippen LogP contribution is 2.27. The minimum absolute atomic E-state index is 0.133. The Bertz CT molecular complexity index is 1110. The Hall–Kier alpha value is -3.46. The average molecular weight is 441 g/mol. The lowest BCUT2D eigenvalue weighted by molar-refractivity contribution is -0.123. The molecule has 0 aliphatic rings. The molecule has 0 aliphatic carbocycles. The maximum Gasteiger partial charge on any atom is 0.257 e. The van der Waals surface area contributed by atoms with Gasteiger partial charge in [0.05, 0.1) is 6.54 Å². The third-order valence-corrected chi connectivity index (χ3v) is 4.97. The van der Waals surface area contributed by atoms with Crippen molar-refractivity contribution >= 4 is 39.9 Å². The highest BCUT2D eigenvalue weighted by molar-refractivity contribution is 7.14. The van der Waals surface area contributed by atoms with Crippen molar-refractivity contribution in [3.63, 3.8) is 0 Å². The summed E-state index contributed by atoms with van der Waals surface area (Å²) in [6, 6.07) is 10.3. The van der Waals surface area contributed by atoms with E-state index in [-0.39, 0.29) is 17.7 Å². The summed E-state index contributed by atoms with van der Waals surface area (Å²) in [4.78, 5) is 40.2. The molecular weight excluding hydrogens is 416 g/mol. The van der Waals surface area contributed by atoms with Gasteiger partial charge in [-0.1, -0.05) is 26.8 Å².